The molecular weight excluding hydrogens is 104 g/mol. The summed E-state index contributed by atoms with van der Waals surface area (Å²) in [5.41, 5.74) is 0. The summed E-state index contributed by atoms with van der Waals surface area (Å²) in [5.74, 6) is 0. The fraction of sp³-hybridized carbons (Fsp3) is 0.667. The van der Waals surface area contributed by atoms with E-state index in [-0.39, 0.29) is 0 Å². The number of hydrogen-bond donors (Lipinski definition) is 1. The maximum Gasteiger partial charge on any atom is 0.0845 e. The van der Waals surface area contributed by atoms with E-state index in [1.54, 1.807) is 13.0 Å². The second-order valence-electron chi connectivity index (χ2n) is 1.52. The summed E-state index contributed by atoms with van der Waals surface area (Å²) in [6.07, 6.45) is 2.69. The standard InChI is InChI=1S/C6H12O2/c1-3-8-5-4-6(2)7/h4-7H,3H2,1-2H3/b5-4+. The maximum atomic E-state index is 8.61. The molecule has 0 rings (SSSR count). The van der Waals surface area contributed by atoms with Gasteiger partial charge in [0.15, 0.2) is 0 Å². The number of ether oxygens (including phenoxy) is 1. The molecule has 0 aromatic carbocycles. The van der Waals surface area contributed by atoms with Crippen molar-refractivity contribution in [2.24, 2.45) is 0 Å². The van der Waals surface area contributed by atoms with Gasteiger partial charge in [-0.25, -0.2) is 0 Å². The van der Waals surface area contributed by atoms with E-state index in [4.69, 9.17) is 9.84 Å². The first-order valence-corrected chi connectivity index (χ1v) is 2.73. The Kier molecular flexibility index (Phi) is 4.36. The largest absolute Gasteiger partial charge is 0.502 e. The minimum atomic E-state index is -0.401. The van der Waals surface area contributed by atoms with Crippen molar-refractivity contribution < 1.29 is 9.84 Å². The Balaban J connectivity index is 3.07. The van der Waals surface area contributed by atoms with Crippen LogP contribution in [0.2, 0.25) is 0 Å². The molecule has 0 aromatic rings. The quantitative estimate of drug-likeness (QED) is 0.555. The monoisotopic (exact) mass is 116 g/mol. The molecular formula is C6H12O2. The Labute approximate surface area is 49.8 Å². The lowest BCUT2D eigenvalue weighted by molar-refractivity contribution is 0.226. The van der Waals surface area contributed by atoms with Crippen LogP contribution in [0.4, 0.5) is 0 Å². The molecule has 0 amide bonds. The van der Waals surface area contributed by atoms with Crippen LogP contribution in [0.25, 0.3) is 0 Å². The van der Waals surface area contributed by atoms with Gasteiger partial charge in [0.05, 0.1) is 19.0 Å². The van der Waals surface area contributed by atoms with Crippen LogP contribution in [0, 0.1) is 0 Å². The molecule has 2 heteroatoms. The van der Waals surface area contributed by atoms with Crippen molar-refractivity contribution in [3.63, 3.8) is 0 Å². The van der Waals surface area contributed by atoms with E-state index in [0.717, 1.165) is 0 Å². The van der Waals surface area contributed by atoms with Crippen LogP contribution in [-0.4, -0.2) is 17.8 Å². The van der Waals surface area contributed by atoms with Crippen molar-refractivity contribution >= 4 is 0 Å². The third-order valence-electron chi connectivity index (χ3n) is 0.620. The minimum absolute atomic E-state index is 0.401. The van der Waals surface area contributed by atoms with E-state index in [0.29, 0.717) is 6.61 Å². The molecule has 0 aliphatic heterocycles. The first kappa shape index (κ1) is 7.50. The van der Waals surface area contributed by atoms with E-state index >= 15 is 0 Å². The van der Waals surface area contributed by atoms with Gasteiger partial charge >= 0.3 is 0 Å². The molecule has 8 heavy (non-hydrogen) atoms. The molecule has 0 aromatic heterocycles. The Morgan fingerprint density at radius 1 is 1.75 bits per heavy atom. The minimum Gasteiger partial charge on any atom is -0.502 e. The second kappa shape index (κ2) is 4.65. The van der Waals surface area contributed by atoms with Gasteiger partial charge in [0.2, 0.25) is 0 Å². The molecule has 0 bridgehead atoms. The average Bonchev–Trinajstić information content (AvgIpc) is 1.66. The number of aliphatic hydroxyl groups excluding tert-OH is 1. The third kappa shape index (κ3) is 5.50. The third-order valence-corrected chi connectivity index (χ3v) is 0.620. The van der Waals surface area contributed by atoms with Crippen molar-refractivity contribution in [3.8, 4) is 0 Å². The van der Waals surface area contributed by atoms with Gasteiger partial charge in [-0.15, -0.1) is 0 Å². The lowest BCUT2D eigenvalue weighted by atomic mass is 10.4. The van der Waals surface area contributed by atoms with Gasteiger partial charge in [-0.05, 0) is 19.9 Å². The fourth-order valence-electron chi connectivity index (χ4n) is 0.265. The molecule has 0 aliphatic carbocycles. The van der Waals surface area contributed by atoms with Gasteiger partial charge in [-0.2, -0.15) is 0 Å². The summed E-state index contributed by atoms with van der Waals surface area (Å²) in [6.45, 7) is 4.23. The molecule has 1 atom stereocenters. The average molecular weight is 116 g/mol. The van der Waals surface area contributed by atoms with Gasteiger partial charge in [0, 0.05) is 0 Å². The number of hydrogen-bond acceptors (Lipinski definition) is 2. The zero-order chi connectivity index (χ0) is 6.41. The fourth-order valence-corrected chi connectivity index (χ4v) is 0.265. The number of aliphatic hydroxyl groups is 1. The first-order chi connectivity index (χ1) is 3.77. The Hall–Kier alpha value is -0.500. The molecule has 2 nitrogen and oxygen atoms in total. The van der Waals surface area contributed by atoms with Gasteiger partial charge in [0.25, 0.3) is 0 Å². The Morgan fingerprint density at radius 2 is 2.38 bits per heavy atom. The summed E-state index contributed by atoms with van der Waals surface area (Å²) in [7, 11) is 0. The van der Waals surface area contributed by atoms with Crippen LogP contribution in [0.15, 0.2) is 12.3 Å². The molecule has 0 spiro atoms. The van der Waals surface area contributed by atoms with Crippen molar-refractivity contribution in [1.29, 1.82) is 0 Å². The van der Waals surface area contributed by atoms with Gasteiger partial charge in [-0.3, -0.25) is 0 Å². The lowest BCUT2D eigenvalue weighted by Crippen LogP contribution is -1.92. The molecule has 0 radical (unpaired) electrons. The van der Waals surface area contributed by atoms with Crippen molar-refractivity contribution in [2.45, 2.75) is 20.0 Å². The summed E-state index contributed by atoms with van der Waals surface area (Å²) < 4.78 is 4.80. The molecule has 0 aliphatic rings. The van der Waals surface area contributed by atoms with E-state index in [1.807, 2.05) is 6.92 Å². The van der Waals surface area contributed by atoms with Crippen molar-refractivity contribution in [1.82, 2.24) is 0 Å². The highest BCUT2D eigenvalue weighted by Gasteiger charge is 1.81. The van der Waals surface area contributed by atoms with Crippen LogP contribution in [0.5, 0.6) is 0 Å². The maximum absolute atomic E-state index is 8.61. The van der Waals surface area contributed by atoms with Crippen LogP contribution >= 0.6 is 0 Å². The summed E-state index contributed by atoms with van der Waals surface area (Å²) >= 11 is 0. The zero-order valence-corrected chi connectivity index (χ0v) is 5.29. The molecule has 0 saturated carbocycles. The van der Waals surface area contributed by atoms with Crippen LogP contribution in [0.1, 0.15) is 13.8 Å². The highest BCUT2D eigenvalue weighted by molar-refractivity contribution is 4.78. The van der Waals surface area contributed by atoms with Crippen LogP contribution in [-0.2, 0) is 4.74 Å². The highest BCUT2D eigenvalue weighted by Crippen LogP contribution is 1.82. The Bertz CT molecular complexity index is 66.9. The van der Waals surface area contributed by atoms with E-state index in [2.05, 4.69) is 0 Å². The summed E-state index contributed by atoms with van der Waals surface area (Å²) in [5, 5.41) is 8.61. The molecule has 0 fully saturated rings. The normalized spacial score (nSPS) is 14.4. The SMILES string of the molecule is CCO/C=C/C(C)O. The lowest BCUT2D eigenvalue weighted by Gasteiger charge is -1.93. The first-order valence-electron chi connectivity index (χ1n) is 2.73. The highest BCUT2D eigenvalue weighted by atomic mass is 16.5. The van der Waals surface area contributed by atoms with E-state index < -0.39 is 6.10 Å². The zero-order valence-electron chi connectivity index (χ0n) is 5.29. The van der Waals surface area contributed by atoms with Crippen molar-refractivity contribution in [3.05, 3.63) is 12.3 Å². The Morgan fingerprint density at radius 3 is 2.75 bits per heavy atom. The van der Waals surface area contributed by atoms with Crippen LogP contribution < -0.4 is 0 Å². The topological polar surface area (TPSA) is 29.5 Å². The number of rotatable bonds is 3. The van der Waals surface area contributed by atoms with Crippen molar-refractivity contribution in [2.75, 3.05) is 6.61 Å². The predicted molar refractivity (Wildman–Crippen MR) is 32.4 cm³/mol. The smallest absolute Gasteiger partial charge is 0.0845 e. The van der Waals surface area contributed by atoms with Gasteiger partial charge in [-0.1, -0.05) is 0 Å². The molecule has 48 valence electrons. The molecule has 0 saturated heterocycles. The summed E-state index contributed by atoms with van der Waals surface area (Å²) in [4.78, 5) is 0. The predicted octanol–water partition coefficient (Wildman–Crippen LogP) is 0.917. The molecule has 0 heterocycles. The molecule has 1 unspecified atom stereocenters. The van der Waals surface area contributed by atoms with E-state index in [1.165, 1.54) is 6.26 Å². The van der Waals surface area contributed by atoms with Gasteiger partial charge in [0.1, 0.15) is 0 Å². The second-order valence-corrected chi connectivity index (χ2v) is 1.52. The van der Waals surface area contributed by atoms with Crippen LogP contribution in [0.3, 0.4) is 0 Å². The van der Waals surface area contributed by atoms with Gasteiger partial charge < -0.3 is 9.84 Å². The molecule has 1 N–H and O–H groups in total. The van der Waals surface area contributed by atoms with E-state index in [9.17, 15) is 0 Å². The summed E-state index contributed by atoms with van der Waals surface area (Å²) in [6, 6.07) is 0.